The number of para-hydroxylation sites is 2. The van der Waals surface area contributed by atoms with E-state index in [-0.39, 0.29) is 11.6 Å². The lowest BCUT2D eigenvalue weighted by molar-refractivity contribution is -0.0387. The van der Waals surface area contributed by atoms with E-state index < -0.39 is 5.60 Å². The van der Waals surface area contributed by atoms with E-state index in [1.807, 2.05) is 0 Å². The van der Waals surface area contributed by atoms with Crippen LogP contribution in [0.3, 0.4) is 0 Å². The van der Waals surface area contributed by atoms with E-state index in [2.05, 4.69) is 248 Å². The van der Waals surface area contributed by atoms with Gasteiger partial charge in [0.05, 0.1) is 22.8 Å². The van der Waals surface area contributed by atoms with Gasteiger partial charge >= 0.3 is 0 Å². The van der Waals surface area contributed by atoms with E-state index >= 15 is 0 Å². The Bertz CT molecular complexity index is 3330. The molecule has 1 aromatic heterocycles. The minimum atomic E-state index is -1.63. The average molecular weight is 899 g/mol. The van der Waals surface area contributed by atoms with Gasteiger partial charge in [0.15, 0.2) is 6.23 Å². The minimum Gasteiger partial charge on any atom is -0.376 e. The fraction of sp³-hybridized carbons (Fsp3) is 0.159. The zero-order valence-corrected chi connectivity index (χ0v) is 39.3. The van der Waals surface area contributed by atoms with Gasteiger partial charge in [-0.15, -0.1) is 0 Å². The van der Waals surface area contributed by atoms with Crippen molar-refractivity contribution in [1.82, 2.24) is 9.78 Å². The fourth-order valence-corrected chi connectivity index (χ4v) is 10.8. The molecule has 0 amide bonds. The molecule has 10 aromatic rings. The zero-order valence-electron chi connectivity index (χ0n) is 39.3. The molecule has 2 aliphatic rings. The summed E-state index contributed by atoms with van der Waals surface area (Å²) in [6, 6.07) is 75.1. The van der Waals surface area contributed by atoms with Crippen molar-refractivity contribution < 1.29 is 9.84 Å². The van der Waals surface area contributed by atoms with Gasteiger partial charge in [0.2, 0.25) is 0 Å². The van der Waals surface area contributed by atoms with E-state index in [0.717, 1.165) is 120 Å². The summed E-state index contributed by atoms with van der Waals surface area (Å²) in [5.74, 6) is 0. The van der Waals surface area contributed by atoms with Crippen LogP contribution in [0.5, 0.6) is 0 Å². The normalized spacial score (nSPS) is 15.2. The maximum atomic E-state index is 14.6. The lowest BCUT2D eigenvalue weighted by Crippen LogP contribution is -2.28. The first-order valence-electron chi connectivity index (χ1n) is 24.2. The molecular weight excluding hydrogens is 845 g/mol. The highest BCUT2D eigenvalue weighted by Crippen LogP contribution is 2.56. The van der Waals surface area contributed by atoms with Crippen molar-refractivity contribution in [3.63, 3.8) is 0 Å². The van der Waals surface area contributed by atoms with Crippen LogP contribution in [0.1, 0.15) is 68.6 Å². The Morgan fingerprint density at radius 3 is 1.55 bits per heavy atom. The Morgan fingerprint density at radius 2 is 1.01 bits per heavy atom. The highest BCUT2D eigenvalue weighted by atomic mass is 16.5. The smallest absolute Gasteiger partial charge is 0.150 e. The lowest BCUT2D eigenvalue weighted by atomic mass is 9.80. The van der Waals surface area contributed by atoms with Crippen LogP contribution in [0.2, 0.25) is 0 Å². The second-order valence-corrected chi connectivity index (χ2v) is 19.5. The van der Waals surface area contributed by atoms with Gasteiger partial charge in [-0.25, -0.2) is 4.68 Å². The van der Waals surface area contributed by atoms with Gasteiger partial charge in [-0.1, -0.05) is 166 Å². The molecule has 0 radical (unpaired) electrons. The summed E-state index contributed by atoms with van der Waals surface area (Å²) in [5.41, 5.74) is 11.4. The number of fused-ring (bicyclic) bond motifs is 5. The number of rotatable bonds is 9. The quantitative estimate of drug-likeness (QED) is 0.156. The third-order valence-electron chi connectivity index (χ3n) is 14.2. The molecule has 6 heteroatoms. The van der Waals surface area contributed by atoms with Crippen molar-refractivity contribution in [2.24, 2.45) is 0 Å². The molecule has 9 aromatic carbocycles. The first kappa shape index (κ1) is 42.6. The molecule has 6 nitrogen and oxygen atoms in total. The third kappa shape index (κ3) is 7.30. The van der Waals surface area contributed by atoms with Gasteiger partial charge < -0.3 is 19.6 Å². The predicted octanol–water partition coefficient (Wildman–Crippen LogP) is 16.1. The summed E-state index contributed by atoms with van der Waals surface area (Å²) in [6.07, 6.45) is 2.76. The molecule has 69 heavy (non-hydrogen) atoms. The SMILES string of the molecule is CC(C)(C)c1cc(-c2ccccc2C2(O)c3cc(N(c4ccccc4)c4cccc5ccccc45)ccc3-c3ccc(N(c4ccccc4)c4cccc5ccccc45)cc32)n(C2CCCCO2)n1. The number of ether oxygens (including phenoxy) is 1. The molecule has 1 aliphatic heterocycles. The van der Waals surface area contributed by atoms with E-state index in [0.29, 0.717) is 6.61 Å². The molecule has 1 saturated heterocycles. The Labute approximate surface area is 404 Å². The Morgan fingerprint density at radius 1 is 0.507 bits per heavy atom. The van der Waals surface area contributed by atoms with Crippen LogP contribution in [0.25, 0.3) is 43.9 Å². The van der Waals surface area contributed by atoms with Crippen LogP contribution in [0.15, 0.2) is 212 Å². The summed E-state index contributed by atoms with van der Waals surface area (Å²) in [6.45, 7) is 7.32. The van der Waals surface area contributed by atoms with Gasteiger partial charge in [-0.3, -0.25) is 0 Å². The number of hydrogen-bond acceptors (Lipinski definition) is 5. The first-order chi connectivity index (χ1) is 33.8. The molecule has 2 heterocycles. The number of aliphatic hydroxyl groups is 1. The second kappa shape index (κ2) is 17.1. The number of hydrogen-bond donors (Lipinski definition) is 1. The standard InChI is InChI=1S/C63H54N4O2/c1-62(2,3)60-42-59(67(64-60)61-34-16-17-39-69-61)53-30-14-15-31-54(53)63(68)55-40-47(65(45-24-6-4-7-25-45)57-32-18-22-43-20-10-12-28-49(43)57)35-37-51(55)52-38-36-48(41-56(52)63)66(46-26-8-5-9-27-46)58-33-19-23-44-21-11-13-29-50(44)58/h4-15,18-33,35-38,40-42,61,68H,16-17,34,39H2,1-3H3. The van der Waals surface area contributed by atoms with E-state index in [9.17, 15) is 5.11 Å². The Kier molecular flexibility index (Phi) is 10.5. The summed E-state index contributed by atoms with van der Waals surface area (Å²) >= 11 is 0. The van der Waals surface area contributed by atoms with Gasteiger partial charge in [0.1, 0.15) is 5.60 Å². The van der Waals surface area contributed by atoms with Gasteiger partial charge in [-0.2, -0.15) is 5.10 Å². The Hall–Kier alpha value is -7.77. The maximum absolute atomic E-state index is 14.6. The molecule has 1 atom stereocenters. The van der Waals surface area contributed by atoms with Gasteiger partial charge in [0.25, 0.3) is 0 Å². The van der Waals surface area contributed by atoms with Crippen molar-refractivity contribution in [3.05, 3.63) is 235 Å². The average Bonchev–Trinajstić information content (AvgIpc) is 3.96. The Balaban J connectivity index is 1.12. The molecule has 0 saturated carbocycles. The highest BCUT2D eigenvalue weighted by molar-refractivity contribution is 6.01. The molecule has 12 rings (SSSR count). The molecular formula is C63H54N4O2. The molecule has 1 unspecified atom stereocenters. The topological polar surface area (TPSA) is 53.8 Å². The van der Waals surface area contributed by atoms with Gasteiger partial charge in [0, 0.05) is 67.8 Å². The van der Waals surface area contributed by atoms with Crippen LogP contribution in [-0.2, 0) is 15.8 Å². The largest absolute Gasteiger partial charge is 0.376 e. The van der Waals surface area contributed by atoms with Crippen LogP contribution in [-0.4, -0.2) is 21.5 Å². The molecule has 1 aliphatic carbocycles. The third-order valence-corrected chi connectivity index (χ3v) is 14.2. The summed E-state index contributed by atoms with van der Waals surface area (Å²) in [4.78, 5) is 4.65. The van der Waals surface area contributed by atoms with Crippen molar-refractivity contribution in [1.29, 1.82) is 0 Å². The molecule has 1 fully saturated rings. The maximum Gasteiger partial charge on any atom is 0.150 e. The number of anilines is 6. The van der Waals surface area contributed by atoms with E-state index in [1.165, 1.54) is 0 Å². The number of nitrogens with zero attached hydrogens (tertiary/aromatic N) is 4. The van der Waals surface area contributed by atoms with E-state index in [4.69, 9.17) is 9.84 Å². The van der Waals surface area contributed by atoms with Crippen molar-refractivity contribution in [2.45, 2.75) is 57.3 Å². The fourth-order valence-electron chi connectivity index (χ4n) is 10.8. The lowest BCUT2D eigenvalue weighted by Gasteiger charge is -2.33. The zero-order chi connectivity index (χ0) is 46.7. The first-order valence-corrected chi connectivity index (χ1v) is 24.2. The number of benzene rings is 9. The van der Waals surface area contributed by atoms with Crippen molar-refractivity contribution in [3.8, 4) is 22.4 Å². The second-order valence-electron chi connectivity index (χ2n) is 19.5. The summed E-state index contributed by atoms with van der Waals surface area (Å²) < 4.78 is 8.59. The molecule has 0 spiro atoms. The molecule has 1 N–H and O–H groups in total. The predicted molar refractivity (Wildman–Crippen MR) is 284 cm³/mol. The van der Waals surface area contributed by atoms with E-state index in [1.54, 1.807) is 0 Å². The molecule has 338 valence electrons. The van der Waals surface area contributed by atoms with Crippen molar-refractivity contribution >= 4 is 55.7 Å². The summed E-state index contributed by atoms with van der Waals surface area (Å²) in [7, 11) is 0. The van der Waals surface area contributed by atoms with Crippen molar-refractivity contribution in [2.75, 3.05) is 16.4 Å². The summed E-state index contributed by atoms with van der Waals surface area (Å²) in [5, 5.41) is 24.5. The van der Waals surface area contributed by atoms with Gasteiger partial charge in [-0.05, 0) is 108 Å². The van der Waals surface area contributed by atoms with Crippen LogP contribution in [0, 0.1) is 0 Å². The minimum absolute atomic E-state index is 0.214. The molecule has 0 bridgehead atoms. The number of aromatic nitrogens is 2. The van der Waals surface area contributed by atoms with Crippen LogP contribution in [0.4, 0.5) is 34.1 Å². The van der Waals surface area contributed by atoms with Crippen LogP contribution >= 0.6 is 0 Å². The monoisotopic (exact) mass is 898 g/mol. The van der Waals surface area contributed by atoms with Crippen LogP contribution < -0.4 is 9.80 Å². The highest BCUT2D eigenvalue weighted by Gasteiger charge is 2.46.